The molecule has 0 radical (unpaired) electrons. The Balaban J connectivity index is 1.27. The molecule has 0 saturated carbocycles. The maximum atomic E-state index is 13.1. The van der Waals surface area contributed by atoms with Gasteiger partial charge in [0, 0.05) is 43.1 Å². The zero-order chi connectivity index (χ0) is 21.7. The van der Waals surface area contributed by atoms with Gasteiger partial charge in [-0.25, -0.2) is 4.39 Å². The molecule has 1 atom stereocenters. The largest absolute Gasteiger partial charge is 0.337 e. The van der Waals surface area contributed by atoms with E-state index in [0.29, 0.717) is 36.2 Å². The van der Waals surface area contributed by atoms with E-state index in [1.165, 1.54) is 17.0 Å². The fourth-order valence-corrected chi connectivity index (χ4v) is 4.48. The lowest BCUT2D eigenvalue weighted by Crippen LogP contribution is -2.52. The maximum absolute atomic E-state index is 13.1. The van der Waals surface area contributed by atoms with Gasteiger partial charge < -0.3 is 9.80 Å². The molecule has 2 aromatic rings. The fraction of sp³-hybridized carbons (Fsp3) is 0.304. The van der Waals surface area contributed by atoms with Crippen LogP contribution in [0.4, 0.5) is 4.39 Å². The first-order valence-corrected chi connectivity index (χ1v) is 10.2. The quantitative estimate of drug-likeness (QED) is 0.766. The summed E-state index contributed by atoms with van der Waals surface area (Å²) in [5.41, 5.74) is 2.68. The van der Waals surface area contributed by atoms with Crippen LogP contribution in [-0.4, -0.2) is 52.6 Å². The van der Waals surface area contributed by atoms with E-state index in [0.717, 1.165) is 5.56 Å². The van der Waals surface area contributed by atoms with Gasteiger partial charge in [-0.2, -0.15) is 0 Å². The Bertz CT molecular complexity index is 1110. The third-order valence-corrected chi connectivity index (χ3v) is 6.28. The highest BCUT2D eigenvalue weighted by Crippen LogP contribution is 2.31. The summed E-state index contributed by atoms with van der Waals surface area (Å²) in [5, 5.41) is 2.28. The van der Waals surface area contributed by atoms with E-state index in [1.54, 1.807) is 35.2 Å². The van der Waals surface area contributed by atoms with Crippen LogP contribution < -0.4 is 5.32 Å². The van der Waals surface area contributed by atoms with Gasteiger partial charge in [-0.15, -0.1) is 0 Å². The van der Waals surface area contributed by atoms with Gasteiger partial charge in [0.1, 0.15) is 11.9 Å². The number of imide groups is 1. The van der Waals surface area contributed by atoms with E-state index in [1.807, 2.05) is 0 Å². The van der Waals surface area contributed by atoms with Gasteiger partial charge >= 0.3 is 0 Å². The molecule has 31 heavy (non-hydrogen) atoms. The van der Waals surface area contributed by atoms with Crippen molar-refractivity contribution < 1.29 is 23.6 Å². The molecule has 0 aliphatic carbocycles. The Kier molecular flexibility index (Phi) is 4.57. The van der Waals surface area contributed by atoms with E-state index in [4.69, 9.17) is 0 Å². The lowest BCUT2D eigenvalue weighted by molar-refractivity contribution is -0.136. The molecule has 0 aromatic heterocycles. The number of amides is 4. The normalized spacial score (nSPS) is 21.1. The average molecular weight is 421 g/mol. The van der Waals surface area contributed by atoms with E-state index in [2.05, 4.69) is 5.32 Å². The Morgan fingerprint density at radius 2 is 1.77 bits per heavy atom. The number of hydrogen-bond donors (Lipinski definition) is 1. The molecule has 3 heterocycles. The van der Waals surface area contributed by atoms with Crippen LogP contribution in [0.2, 0.25) is 0 Å². The molecule has 5 rings (SSSR count). The van der Waals surface area contributed by atoms with Crippen LogP contribution in [0.1, 0.15) is 50.6 Å². The molecule has 3 aliphatic heterocycles. The van der Waals surface area contributed by atoms with Crippen molar-refractivity contribution in [2.24, 2.45) is 0 Å². The molecule has 1 unspecified atom stereocenters. The number of nitrogens with one attached hydrogen (secondary N) is 1. The van der Waals surface area contributed by atoms with E-state index in [9.17, 15) is 23.6 Å². The summed E-state index contributed by atoms with van der Waals surface area (Å²) in [7, 11) is 0. The first-order valence-electron chi connectivity index (χ1n) is 10.2. The summed E-state index contributed by atoms with van der Waals surface area (Å²) in [6.45, 7) is 1.35. The topological polar surface area (TPSA) is 86.8 Å². The second-order valence-corrected chi connectivity index (χ2v) is 8.23. The van der Waals surface area contributed by atoms with Gasteiger partial charge in [0.25, 0.3) is 11.8 Å². The smallest absolute Gasteiger partial charge is 0.255 e. The Morgan fingerprint density at radius 3 is 2.48 bits per heavy atom. The predicted molar refractivity (Wildman–Crippen MR) is 108 cm³/mol. The van der Waals surface area contributed by atoms with Gasteiger partial charge in [0.15, 0.2) is 0 Å². The van der Waals surface area contributed by atoms with Crippen molar-refractivity contribution in [1.82, 2.24) is 15.1 Å². The van der Waals surface area contributed by atoms with Crippen molar-refractivity contribution in [3.63, 3.8) is 0 Å². The molecule has 0 spiro atoms. The Hall–Kier alpha value is -3.55. The van der Waals surface area contributed by atoms with Gasteiger partial charge in [-0.1, -0.05) is 12.1 Å². The molecule has 3 aliphatic rings. The molecule has 8 heteroatoms. The third kappa shape index (κ3) is 3.37. The van der Waals surface area contributed by atoms with Crippen molar-refractivity contribution in [2.75, 3.05) is 13.1 Å². The number of carbonyl (C=O) groups is 4. The second-order valence-electron chi connectivity index (χ2n) is 8.23. The molecule has 7 nitrogen and oxygen atoms in total. The number of carbonyl (C=O) groups excluding carboxylic acids is 4. The van der Waals surface area contributed by atoms with E-state index in [-0.39, 0.29) is 42.4 Å². The van der Waals surface area contributed by atoms with Crippen LogP contribution in [0, 0.1) is 5.82 Å². The molecule has 1 N–H and O–H groups in total. The number of likely N-dealkylation sites (tertiary alicyclic amines) is 1. The molecule has 0 bridgehead atoms. The number of nitrogens with zero attached hydrogens (tertiary/aromatic N) is 2. The van der Waals surface area contributed by atoms with Crippen molar-refractivity contribution in [2.45, 2.75) is 31.3 Å². The summed E-state index contributed by atoms with van der Waals surface area (Å²) >= 11 is 0. The van der Waals surface area contributed by atoms with Gasteiger partial charge in [0.2, 0.25) is 11.8 Å². The summed E-state index contributed by atoms with van der Waals surface area (Å²) in [6.07, 6.45) is 0.499. The predicted octanol–water partition coefficient (Wildman–Crippen LogP) is 1.83. The summed E-state index contributed by atoms with van der Waals surface area (Å²) in [4.78, 5) is 52.4. The molecule has 158 valence electrons. The maximum Gasteiger partial charge on any atom is 0.255 e. The van der Waals surface area contributed by atoms with Gasteiger partial charge in [-0.05, 0) is 47.9 Å². The minimum Gasteiger partial charge on any atom is -0.337 e. The molecule has 2 fully saturated rings. The highest BCUT2D eigenvalue weighted by atomic mass is 19.1. The minimum absolute atomic E-state index is 0.118. The first kappa shape index (κ1) is 19.4. The number of hydrogen-bond acceptors (Lipinski definition) is 4. The van der Waals surface area contributed by atoms with Crippen LogP contribution in [0.3, 0.4) is 0 Å². The molecule has 2 aromatic carbocycles. The number of halogens is 1. The highest BCUT2D eigenvalue weighted by Gasteiger charge is 2.39. The van der Waals surface area contributed by atoms with Crippen LogP contribution in [0.15, 0.2) is 42.5 Å². The zero-order valence-corrected chi connectivity index (χ0v) is 16.6. The number of fused-ring (bicyclic) bond motifs is 1. The Labute approximate surface area is 177 Å². The van der Waals surface area contributed by atoms with E-state index >= 15 is 0 Å². The van der Waals surface area contributed by atoms with E-state index < -0.39 is 11.9 Å². The number of benzene rings is 2. The first-order chi connectivity index (χ1) is 14.9. The van der Waals surface area contributed by atoms with Gasteiger partial charge in [0.05, 0.1) is 0 Å². The third-order valence-electron chi connectivity index (χ3n) is 6.28. The number of rotatable bonds is 3. The lowest BCUT2D eigenvalue weighted by Gasteiger charge is -2.39. The van der Waals surface area contributed by atoms with Crippen LogP contribution in [0.25, 0.3) is 0 Å². The molecule has 2 saturated heterocycles. The highest BCUT2D eigenvalue weighted by molar-refractivity contribution is 6.06. The average Bonchev–Trinajstić information content (AvgIpc) is 3.04. The lowest BCUT2D eigenvalue weighted by atomic mass is 9.90. The summed E-state index contributed by atoms with van der Waals surface area (Å²) in [6, 6.07) is 10.6. The standard InChI is InChI=1S/C23H20FN3O4/c24-17-4-1-13(2-5-17)16-10-26(11-16)22(30)14-3-6-18-15(9-14)12-27(23(18)31)19-7-8-20(28)25-21(19)29/h1-6,9,16,19H,7-8,10-12H2,(H,25,28,29). The molecular formula is C23H20FN3O4. The zero-order valence-electron chi connectivity index (χ0n) is 16.6. The monoisotopic (exact) mass is 421 g/mol. The number of piperidine rings is 1. The summed E-state index contributed by atoms with van der Waals surface area (Å²) in [5.74, 6) is -1.26. The fourth-order valence-electron chi connectivity index (χ4n) is 4.48. The van der Waals surface area contributed by atoms with Crippen LogP contribution in [-0.2, 0) is 16.1 Å². The van der Waals surface area contributed by atoms with Crippen molar-refractivity contribution in [3.05, 3.63) is 70.5 Å². The minimum atomic E-state index is -0.677. The molecule has 4 amide bonds. The molecular weight excluding hydrogens is 401 g/mol. The van der Waals surface area contributed by atoms with Crippen molar-refractivity contribution >= 4 is 23.6 Å². The second kappa shape index (κ2) is 7.30. The SMILES string of the molecule is O=C1CCC(N2Cc3cc(C(=O)N4CC(c5ccc(F)cc5)C4)ccc3C2=O)C(=O)N1. The van der Waals surface area contributed by atoms with Crippen LogP contribution in [0.5, 0.6) is 0 Å². The van der Waals surface area contributed by atoms with Crippen molar-refractivity contribution in [1.29, 1.82) is 0 Å². The van der Waals surface area contributed by atoms with Crippen molar-refractivity contribution in [3.8, 4) is 0 Å². The summed E-state index contributed by atoms with van der Waals surface area (Å²) < 4.78 is 13.1. The Morgan fingerprint density at radius 1 is 1.03 bits per heavy atom. The van der Waals surface area contributed by atoms with Gasteiger partial charge in [-0.3, -0.25) is 24.5 Å². The van der Waals surface area contributed by atoms with Crippen LogP contribution >= 0.6 is 0 Å².